The van der Waals surface area contributed by atoms with E-state index in [0.717, 1.165) is 37.5 Å². The fourth-order valence-corrected chi connectivity index (χ4v) is 3.78. The second kappa shape index (κ2) is 9.09. The lowest BCUT2D eigenvalue weighted by molar-refractivity contribution is -0.139. The maximum Gasteiger partial charge on any atom is 0.317 e. The van der Waals surface area contributed by atoms with Gasteiger partial charge in [-0.1, -0.05) is 6.92 Å². The van der Waals surface area contributed by atoms with Gasteiger partial charge in [-0.3, -0.25) is 9.69 Å². The van der Waals surface area contributed by atoms with Crippen molar-refractivity contribution in [1.29, 1.82) is 0 Å². The van der Waals surface area contributed by atoms with E-state index in [4.69, 9.17) is 9.84 Å². The third kappa shape index (κ3) is 4.83. The number of methoxy groups -OCH3 is 1. The molecule has 1 aliphatic carbocycles. The molecule has 1 aromatic heterocycles. The van der Waals surface area contributed by atoms with Crippen molar-refractivity contribution >= 4 is 17.8 Å². The molecule has 9 nitrogen and oxygen atoms in total. The number of urea groups is 1. The molecule has 2 fully saturated rings. The Morgan fingerprint density at radius 3 is 2.64 bits per heavy atom. The number of piperazine rings is 1. The average Bonchev–Trinajstić information content (AvgIpc) is 2.68. The first-order chi connectivity index (χ1) is 13.5. The number of anilines is 1. The number of carboxylic acids is 1. The highest BCUT2D eigenvalue weighted by Gasteiger charge is 2.35. The summed E-state index contributed by atoms with van der Waals surface area (Å²) < 4.78 is 5.25. The summed E-state index contributed by atoms with van der Waals surface area (Å²) >= 11 is 0. The van der Waals surface area contributed by atoms with Crippen LogP contribution in [0.5, 0.6) is 5.75 Å². The fourth-order valence-electron chi connectivity index (χ4n) is 3.78. The standard InChI is InChI=1S/C19H29N5O4/c1-3-22(13-18(25)26)15-10-14(11-15)21-19(27)24-8-6-23(7-9-24)17-12-16(28-2)4-5-20-17/h4-5,12,14-15H,3,6-11,13H2,1-2H3,(H,21,27)(H,25,26). The molecular weight excluding hydrogens is 362 g/mol. The maximum atomic E-state index is 12.5. The minimum Gasteiger partial charge on any atom is -0.497 e. The molecule has 0 radical (unpaired) electrons. The highest BCUT2D eigenvalue weighted by Crippen LogP contribution is 2.26. The number of aliphatic carboxylic acids is 1. The SMILES string of the molecule is CCN(CC(=O)O)C1CC(NC(=O)N2CCN(c3cc(OC)ccn3)CC2)C1. The Hall–Kier alpha value is -2.55. The van der Waals surface area contributed by atoms with Crippen molar-refractivity contribution in [1.82, 2.24) is 20.1 Å². The van der Waals surface area contributed by atoms with Crippen molar-refractivity contribution in [3.05, 3.63) is 18.3 Å². The molecule has 2 N–H and O–H groups in total. The zero-order valence-electron chi connectivity index (χ0n) is 16.5. The number of pyridine rings is 1. The van der Waals surface area contributed by atoms with Crippen LogP contribution in [0.3, 0.4) is 0 Å². The lowest BCUT2D eigenvalue weighted by atomic mass is 9.85. The number of hydrogen-bond donors (Lipinski definition) is 2. The van der Waals surface area contributed by atoms with Crippen molar-refractivity contribution < 1.29 is 19.4 Å². The van der Waals surface area contributed by atoms with Crippen LogP contribution in [0.4, 0.5) is 10.6 Å². The average molecular weight is 391 g/mol. The summed E-state index contributed by atoms with van der Waals surface area (Å²) in [7, 11) is 1.63. The van der Waals surface area contributed by atoms with Crippen LogP contribution >= 0.6 is 0 Å². The van der Waals surface area contributed by atoms with E-state index in [0.29, 0.717) is 19.6 Å². The van der Waals surface area contributed by atoms with E-state index < -0.39 is 5.97 Å². The molecule has 28 heavy (non-hydrogen) atoms. The molecule has 2 aliphatic rings. The van der Waals surface area contributed by atoms with Gasteiger partial charge in [-0.15, -0.1) is 0 Å². The number of nitrogens with zero attached hydrogens (tertiary/aromatic N) is 4. The van der Waals surface area contributed by atoms with Gasteiger partial charge in [0.25, 0.3) is 0 Å². The number of ether oxygens (including phenoxy) is 1. The second-order valence-electron chi connectivity index (χ2n) is 7.26. The Bertz CT molecular complexity index is 687. The maximum absolute atomic E-state index is 12.5. The van der Waals surface area contributed by atoms with Crippen molar-refractivity contribution in [2.45, 2.75) is 31.8 Å². The molecule has 0 atom stereocenters. The van der Waals surface area contributed by atoms with Gasteiger partial charge in [-0.05, 0) is 25.5 Å². The first kappa shape index (κ1) is 20.2. The van der Waals surface area contributed by atoms with Gasteiger partial charge in [-0.2, -0.15) is 0 Å². The molecule has 3 rings (SSSR count). The highest BCUT2D eigenvalue weighted by atomic mass is 16.5. The van der Waals surface area contributed by atoms with Crippen LogP contribution in [0.25, 0.3) is 0 Å². The Morgan fingerprint density at radius 1 is 1.32 bits per heavy atom. The topological polar surface area (TPSA) is 98.2 Å². The summed E-state index contributed by atoms with van der Waals surface area (Å²) in [4.78, 5) is 33.7. The summed E-state index contributed by atoms with van der Waals surface area (Å²) in [5, 5.41) is 12.0. The summed E-state index contributed by atoms with van der Waals surface area (Å²) in [6, 6.07) is 4.04. The van der Waals surface area contributed by atoms with Gasteiger partial charge in [0, 0.05) is 50.5 Å². The molecular formula is C19H29N5O4. The molecule has 2 heterocycles. The molecule has 0 aromatic carbocycles. The molecule has 1 aromatic rings. The Labute approximate surface area is 165 Å². The Kier molecular flexibility index (Phi) is 6.56. The molecule has 0 spiro atoms. The van der Waals surface area contributed by atoms with E-state index in [1.165, 1.54) is 0 Å². The number of nitrogens with one attached hydrogen (secondary N) is 1. The van der Waals surface area contributed by atoms with E-state index >= 15 is 0 Å². The number of aromatic nitrogens is 1. The van der Waals surface area contributed by atoms with Crippen LogP contribution in [-0.2, 0) is 4.79 Å². The largest absolute Gasteiger partial charge is 0.497 e. The molecule has 2 amide bonds. The first-order valence-electron chi connectivity index (χ1n) is 9.76. The summed E-state index contributed by atoms with van der Waals surface area (Å²) in [5.41, 5.74) is 0. The smallest absolute Gasteiger partial charge is 0.317 e. The van der Waals surface area contributed by atoms with Crippen molar-refractivity contribution in [3.8, 4) is 5.75 Å². The first-order valence-corrected chi connectivity index (χ1v) is 9.76. The van der Waals surface area contributed by atoms with Crippen LogP contribution in [-0.4, -0.2) is 90.4 Å². The number of hydrogen-bond acceptors (Lipinski definition) is 6. The van der Waals surface area contributed by atoms with E-state index in [1.807, 2.05) is 28.9 Å². The normalized spacial score (nSPS) is 22.0. The molecule has 1 aliphatic heterocycles. The van der Waals surface area contributed by atoms with Gasteiger partial charge in [0.1, 0.15) is 11.6 Å². The van der Waals surface area contributed by atoms with Crippen molar-refractivity contribution in [3.63, 3.8) is 0 Å². The van der Waals surface area contributed by atoms with E-state index in [1.54, 1.807) is 13.3 Å². The third-order valence-electron chi connectivity index (χ3n) is 5.55. The van der Waals surface area contributed by atoms with Crippen LogP contribution in [0.1, 0.15) is 19.8 Å². The van der Waals surface area contributed by atoms with Gasteiger partial charge < -0.3 is 25.0 Å². The van der Waals surface area contributed by atoms with Gasteiger partial charge in [0.2, 0.25) is 0 Å². The lowest BCUT2D eigenvalue weighted by Gasteiger charge is -2.43. The van der Waals surface area contributed by atoms with E-state index in [-0.39, 0.29) is 24.7 Å². The molecule has 1 saturated heterocycles. The predicted molar refractivity (Wildman–Crippen MR) is 105 cm³/mol. The van der Waals surface area contributed by atoms with E-state index in [9.17, 15) is 9.59 Å². The zero-order valence-corrected chi connectivity index (χ0v) is 16.5. The van der Waals surface area contributed by atoms with Crippen LogP contribution in [0.15, 0.2) is 18.3 Å². The Balaban J connectivity index is 1.42. The molecule has 1 saturated carbocycles. The van der Waals surface area contributed by atoms with Crippen LogP contribution < -0.4 is 15.0 Å². The minimum atomic E-state index is -0.808. The van der Waals surface area contributed by atoms with Crippen molar-refractivity contribution in [2.75, 3.05) is 51.3 Å². The Morgan fingerprint density at radius 2 is 2.04 bits per heavy atom. The van der Waals surface area contributed by atoms with Gasteiger partial charge in [0.15, 0.2) is 0 Å². The van der Waals surface area contributed by atoms with Gasteiger partial charge >= 0.3 is 12.0 Å². The quantitative estimate of drug-likeness (QED) is 0.711. The number of likely N-dealkylation sites (N-methyl/N-ethyl adjacent to an activating group) is 1. The predicted octanol–water partition coefficient (Wildman–Crippen LogP) is 0.859. The fraction of sp³-hybridized carbons (Fsp3) is 0.632. The number of amides is 2. The summed E-state index contributed by atoms with van der Waals surface area (Å²) in [6.45, 7) is 5.46. The number of carbonyl (C=O) groups is 2. The third-order valence-corrected chi connectivity index (χ3v) is 5.55. The van der Waals surface area contributed by atoms with Crippen LogP contribution in [0.2, 0.25) is 0 Å². The lowest BCUT2D eigenvalue weighted by Crippen LogP contribution is -2.59. The molecule has 0 bridgehead atoms. The molecule has 9 heteroatoms. The zero-order chi connectivity index (χ0) is 20.1. The van der Waals surface area contributed by atoms with Crippen molar-refractivity contribution in [2.24, 2.45) is 0 Å². The van der Waals surface area contributed by atoms with Gasteiger partial charge in [-0.25, -0.2) is 9.78 Å². The number of rotatable bonds is 7. The minimum absolute atomic E-state index is 0.0389. The molecule has 154 valence electrons. The summed E-state index contributed by atoms with van der Waals surface area (Å²) in [6.07, 6.45) is 3.34. The van der Waals surface area contributed by atoms with Gasteiger partial charge in [0.05, 0.1) is 13.7 Å². The number of carboxylic acid groups (broad SMARTS) is 1. The van der Waals surface area contributed by atoms with Crippen LogP contribution in [0, 0.1) is 0 Å². The summed E-state index contributed by atoms with van der Waals surface area (Å²) in [5.74, 6) is 0.825. The molecule has 0 unspecified atom stereocenters. The number of carbonyl (C=O) groups excluding carboxylic acids is 1. The monoisotopic (exact) mass is 391 g/mol. The second-order valence-corrected chi connectivity index (χ2v) is 7.26. The highest BCUT2D eigenvalue weighted by molar-refractivity contribution is 5.75. The van der Waals surface area contributed by atoms with E-state index in [2.05, 4.69) is 15.2 Å².